The number of piperidine rings is 1. The van der Waals surface area contributed by atoms with Crippen LogP contribution in [0, 0.1) is 11.7 Å². The summed E-state index contributed by atoms with van der Waals surface area (Å²) in [5, 5.41) is 0. The molecular weight excluding hydrogens is 239 g/mol. The van der Waals surface area contributed by atoms with Crippen molar-refractivity contribution in [2.24, 2.45) is 11.7 Å². The molecule has 3 heteroatoms. The summed E-state index contributed by atoms with van der Waals surface area (Å²) in [4.78, 5) is 2.21. The van der Waals surface area contributed by atoms with Crippen molar-refractivity contribution in [3.63, 3.8) is 0 Å². The van der Waals surface area contributed by atoms with Crippen molar-refractivity contribution >= 4 is 5.69 Å². The van der Waals surface area contributed by atoms with Gasteiger partial charge in [-0.3, -0.25) is 0 Å². The molecule has 19 heavy (non-hydrogen) atoms. The molecular formula is C16H25FN2. The van der Waals surface area contributed by atoms with Crippen LogP contribution < -0.4 is 10.6 Å². The lowest BCUT2D eigenvalue weighted by Gasteiger charge is -2.34. The van der Waals surface area contributed by atoms with Crippen molar-refractivity contribution in [1.82, 2.24) is 0 Å². The first-order valence-electron chi connectivity index (χ1n) is 7.39. The number of hydrogen-bond acceptors (Lipinski definition) is 2. The van der Waals surface area contributed by atoms with Crippen LogP contribution in [0.15, 0.2) is 18.2 Å². The van der Waals surface area contributed by atoms with Gasteiger partial charge in [0.1, 0.15) is 5.82 Å². The molecule has 1 fully saturated rings. The van der Waals surface area contributed by atoms with Crippen LogP contribution in [0.1, 0.15) is 38.7 Å². The highest BCUT2D eigenvalue weighted by molar-refractivity contribution is 5.55. The third kappa shape index (κ3) is 3.47. The average molecular weight is 264 g/mol. The molecule has 106 valence electrons. The number of para-hydroxylation sites is 1. The largest absolute Gasteiger partial charge is 0.369 e. The molecule has 1 heterocycles. The van der Waals surface area contributed by atoms with Crippen molar-refractivity contribution in [3.8, 4) is 0 Å². The maximum Gasteiger partial charge on any atom is 0.146 e. The van der Waals surface area contributed by atoms with E-state index in [2.05, 4.69) is 11.8 Å². The van der Waals surface area contributed by atoms with E-state index in [1.54, 1.807) is 12.1 Å². The van der Waals surface area contributed by atoms with Crippen molar-refractivity contribution < 1.29 is 4.39 Å². The molecule has 0 aliphatic carbocycles. The van der Waals surface area contributed by atoms with Gasteiger partial charge in [-0.2, -0.15) is 0 Å². The molecule has 0 radical (unpaired) electrons. The fourth-order valence-electron chi connectivity index (χ4n) is 2.99. The number of halogens is 1. The average Bonchev–Trinajstić information content (AvgIpc) is 2.38. The minimum absolute atomic E-state index is 0.0636. The van der Waals surface area contributed by atoms with Crippen LogP contribution in [0.4, 0.5) is 10.1 Å². The zero-order valence-electron chi connectivity index (χ0n) is 12.0. The standard InChI is InChI=1S/C16H25FN2/c1-3-13-7-9-19(10-8-13)16-14(11-12(2)18)5-4-6-15(16)17/h4-6,12-13H,3,7-11,18H2,1-2H3. The quantitative estimate of drug-likeness (QED) is 0.903. The maximum absolute atomic E-state index is 14.2. The van der Waals surface area contributed by atoms with E-state index in [1.807, 2.05) is 13.0 Å². The number of nitrogens with two attached hydrogens (primary N) is 1. The van der Waals surface area contributed by atoms with Crippen LogP contribution in [-0.2, 0) is 6.42 Å². The second-order valence-corrected chi connectivity index (χ2v) is 5.77. The normalized spacial score (nSPS) is 18.6. The molecule has 0 amide bonds. The van der Waals surface area contributed by atoms with Gasteiger partial charge in [0.15, 0.2) is 0 Å². The third-order valence-corrected chi connectivity index (χ3v) is 4.12. The summed E-state index contributed by atoms with van der Waals surface area (Å²) in [5.41, 5.74) is 7.71. The lowest BCUT2D eigenvalue weighted by atomic mass is 9.93. The molecule has 2 nitrogen and oxygen atoms in total. The summed E-state index contributed by atoms with van der Waals surface area (Å²) >= 11 is 0. The van der Waals surface area contributed by atoms with E-state index in [-0.39, 0.29) is 11.9 Å². The first kappa shape index (κ1) is 14.3. The molecule has 2 N–H and O–H groups in total. The Morgan fingerprint density at radius 3 is 2.63 bits per heavy atom. The Labute approximate surface area is 115 Å². The van der Waals surface area contributed by atoms with Crippen molar-refractivity contribution in [2.75, 3.05) is 18.0 Å². The van der Waals surface area contributed by atoms with Gasteiger partial charge in [0.25, 0.3) is 0 Å². The topological polar surface area (TPSA) is 29.3 Å². The Morgan fingerprint density at radius 1 is 1.37 bits per heavy atom. The Hall–Kier alpha value is -1.09. The molecule has 0 bridgehead atoms. The van der Waals surface area contributed by atoms with Gasteiger partial charge in [0.2, 0.25) is 0 Å². The van der Waals surface area contributed by atoms with E-state index in [0.717, 1.165) is 36.7 Å². The fourth-order valence-corrected chi connectivity index (χ4v) is 2.99. The van der Waals surface area contributed by atoms with Gasteiger partial charge in [-0.1, -0.05) is 25.5 Å². The minimum atomic E-state index is -0.104. The van der Waals surface area contributed by atoms with Gasteiger partial charge in [-0.05, 0) is 43.7 Å². The molecule has 1 unspecified atom stereocenters. The Bertz CT molecular complexity index is 409. The van der Waals surface area contributed by atoms with Crippen LogP contribution in [0.2, 0.25) is 0 Å². The number of hydrogen-bond donors (Lipinski definition) is 1. The SMILES string of the molecule is CCC1CCN(c2c(F)cccc2CC(C)N)CC1. The second kappa shape index (κ2) is 6.38. The highest BCUT2D eigenvalue weighted by Crippen LogP contribution is 2.30. The molecule has 2 rings (SSSR count). The van der Waals surface area contributed by atoms with E-state index < -0.39 is 0 Å². The molecule has 1 aliphatic rings. The van der Waals surface area contributed by atoms with Crippen LogP contribution in [-0.4, -0.2) is 19.1 Å². The molecule has 1 atom stereocenters. The van der Waals surface area contributed by atoms with E-state index >= 15 is 0 Å². The summed E-state index contributed by atoms with van der Waals surface area (Å²) in [5.74, 6) is 0.702. The minimum Gasteiger partial charge on any atom is -0.369 e. The number of anilines is 1. The van der Waals surface area contributed by atoms with Crippen LogP contribution >= 0.6 is 0 Å². The first-order valence-corrected chi connectivity index (χ1v) is 7.39. The lowest BCUT2D eigenvalue weighted by molar-refractivity contribution is 0.392. The summed E-state index contributed by atoms with van der Waals surface area (Å²) < 4.78 is 14.2. The Morgan fingerprint density at radius 2 is 2.05 bits per heavy atom. The smallest absolute Gasteiger partial charge is 0.146 e. The molecule has 1 saturated heterocycles. The molecule has 1 aliphatic heterocycles. The zero-order chi connectivity index (χ0) is 13.8. The lowest BCUT2D eigenvalue weighted by Crippen LogP contribution is -2.35. The van der Waals surface area contributed by atoms with Gasteiger partial charge in [0, 0.05) is 19.1 Å². The monoisotopic (exact) mass is 264 g/mol. The summed E-state index contributed by atoms with van der Waals surface area (Å²) in [6, 6.07) is 5.42. The number of nitrogens with zero attached hydrogens (tertiary/aromatic N) is 1. The van der Waals surface area contributed by atoms with Crippen molar-refractivity contribution in [3.05, 3.63) is 29.6 Å². The molecule has 1 aromatic carbocycles. The molecule has 0 aromatic heterocycles. The van der Waals surface area contributed by atoms with Crippen molar-refractivity contribution in [2.45, 2.75) is 45.6 Å². The van der Waals surface area contributed by atoms with Crippen LogP contribution in [0.5, 0.6) is 0 Å². The first-order chi connectivity index (χ1) is 9.11. The molecule has 0 saturated carbocycles. The van der Waals surface area contributed by atoms with Crippen molar-refractivity contribution in [1.29, 1.82) is 0 Å². The Kier molecular flexibility index (Phi) is 4.81. The van der Waals surface area contributed by atoms with Gasteiger partial charge in [-0.15, -0.1) is 0 Å². The van der Waals surface area contributed by atoms with Gasteiger partial charge >= 0.3 is 0 Å². The van der Waals surface area contributed by atoms with Crippen LogP contribution in [0.25, 0.3) is 0 Å². The fraction of sp³-hybridized carbons (Fsp3) is 0.625. The number of benzene rings is 1. The predicted octanol–water partition coefficient (Wildman–Crippen LogP) is 3.34. The van der Waals surface area contributed by atoms with Gasteiger partial charge in [0.05, 0.1) is 5.69 Å². The van der Waals surface area contributed by atoms with E-state index in [1.165, 1.54) is 19.3 Å². The molecule has 0 spiro atoms. The highest BCUT2D eigenvalue weighted by atomic mass is 19.1. The summed E-state index contributed by atoms with van der Waals surface area (Å²) in [6.45, 7) is 6.14. The predicted molar refractivity (Wildman–Crippen MR) is 79.0 cm³/mol. The van der Waals surface area contributed by atoms with Gasteiger partial charge in [-0.25, -0.2) is 4.39 Å². The van der Waals surface area contributed by atoms with Crippen LogP contribution in [0.3, 0.4) is 0 Å². The highest BCUT2D eigenvalue weighted by Gasteiger charge is 2.22. The summed E-state index contributed by atoms with van der Waals surface area (Å²) in [6.07, 6.45) is 4.31. The summed E-state index contributed by atoms with van der Waals surface area (Å²) in [7, 11) is 0. The Balaban J connectivity index is 2.19. The van der Waals surface area contributed by atoms with E-state index in [9.17, 15) is 4.39 Å². The number of rotatable bonds is 4. The zero-order valence-corrected chi connectivity index (χ0v) is 12.0. The third-order valence-electron chi connectivity index (χ3n) is 4.12. The van der Waals surface area contributed by atoms with E-state index in [0.29, 0.717) is 0 Å². The maximum atomic E-state index is 14.2. The van der Waals surface area contributed by atoms with Gasteiger partial charge < -0.3 is 10.6 Å². The van der Waals surface area contributed by atoms with E-state index in [4.69, 9.17) is 5.73 Å². The molecule has 1 aromatic rings. The second-order valence-electron chi connectivity index (χ2n) is 5.77.